The summed E-state index contributed by atoms with van der Waals surface area (Å²) in [7, 11) is 4.09. The van der Waals surface area contributed by atoms with Crippen molar-refractivity contribution in [2.24, 2.45) is 0 Å². The molecule has 0 unspecified atom stereocenters. The van der Waals surface area contributed by atoms with E-state index in [1.165, 1.54) is 12.1 Å². The maximum Gasteiger partial charge on any atom is 0.150 e. The number of hydrogen-bond donors (Lipinski definition) is 0. The Balaban J connectivity index is 2.01. The van der Waals surface area contributed by atoms with Crippen LogP contribution in [0.4, 0.5) is 4.39 Å². The average Bonchev–Trinajstić information content (AvgIpc) is 2.94. The van der Waals surface area contributed by atoms with E-state index in [0.717, 1.165) is 42.4 Å². The van der Waals surface area contributed by atoms with Crippen LogP contribution in [-0.2, 0) is 16.9 Å². The molecule has 3 rings (SSSR count). The highest BCUT2D eigenvalue weighted by molar-refractivity contribution is 5.75. The first-order valence-electron chi connectivity index (χ1n) is 8.18. The van der Waals surface area contributed by atoms with Crippen LogP contribution in [0.25, 0.3) is 0 Å². The SMILES string of the molecule is CN(C)CCC[C@]1(c2ccc(F)cc2)OCc2cc(C=O)ccc21. The van der Waals surface area contributed by atoms with Crippen molar-refractivity contribution in [3.63, 3.8) is 0 Å². The number of rotatable bonds is 6. The zero-order chi connectivity index (χ0) is 17.2. The molecule has 0 saturated carbocycles. The van der Waals surface area contributed by atoms with Crippen molar-refractivity contribution in [2.75, 3.05) is 20.6 Å². The Labute approximate surface area is 142 Å². The Hall–Kier alpha value is -2.04. The number of hydrogen-bond acceptors (Lipinski definition) is 3. The lowest BCUT2D eigenvalue weighted by Gasteiger charge is -2.31. The van der Waals surface area contributed by atoms with Gasteiger partial charge in [0.1, 0.15) is 17.7 Å². The fraction of sp³-hybridized carbons (Fsp3) is 0.350. The minimum absolute atomic E-state index is 0.253. The summed E-state index contributed by atoms with van der Waals surface area (Å²) in [4.78, 5) is 13.2. The van der Waals surface area contributed by atoms with Crippen molar-refractivity contribution in [1.82, 2.24) is 4.90 Å². The van der Waals surface area contributed by atoms with Gasteiger partial charge in [0.05, 0.1) is 6.61 Å². The third-order valence-corrected chi connectivity index (χ3v) is 4.62. The van der Waals surface area contributed by atoms with Gasteiger partial charge in [0, 0.05) is 5.56 Å². The molecule has 2 aromatic carbocycles. The summed E-state index contributed by atoms with van der Waals surface area (Å²) in [5.41, 5.74) is 3.16. The zero-order valence-electron chi connectivity index (χ0n) is 14.1. The lowest BCUT2D eigenvalue weighted by Crippen LogP contribution is -2.28. The van der Waals surface area contributed by atoms with Crippen molar-refractivity contribution in [1.29, 1.82) is 0 Å². The second-order valence-electron chi connectivity index (χ2n) is 6.56. The number of halogens is 1. The Morgan fingerprint density at radius 3 is 2.62 bits per heavy atom. The van der Waals surface area contributed by atoms with Crippen molar-refractivity contribution in [3.8, 4) is 0 Å². The molecule has 0 fully saturated rings. The van der Waals surface area contributed by atoms with Crippen LogP contribution in [0.3, 0.4) is 0 Å². The van der Waals surface area contributed by atoms with Crippen LogP contribution in [0.2, 0.25) is 0 Å². The van der Waals surface area contributed by atoms with Crippen molar-refractivity contribution in [3.05, 3.63) is 70.5 Å². The molecule has 1 aliphatic rings. The van der Waals surface area contributed by atoms with Gasteiger partial charge in [-0.05, 0) is 68.4 Å². The van der Waals surface area contributed by atoms with Gasteiger partial charge in [0.15, 0.2) is 0 Å². The number of fused-ring (bicyclic) bond motifs is 1. The molecule has 0 radical (unpaired) electrons. The number of carbonyl (C=O) groups excluding carboxylic acids is 1. The number of ether oxygens (including phenoxy) is 1. The molecule has 24 heavy (non-hydrogen) atoms. The molecular weight excluding hydrogens is 305 g/mol. The van der Waals surface area contributed by atoms with Crippen LogP contribution in [0.5, 0.6) is 0 Å². The van der Waals surface area contributed by atoms with E-state index in [1.54, 1.807) is 12.1 Å². The minimum atomic E-state index is -0.569. The molecule has 0 bridgehead atoms. The van der Waals surface area contributed by atoms with Gasteiger partial charge >= 0.3 is 0 Å². The average molecular weight is 327 g/mol. The molecular formula is C20H22FNO2. The molecule has 2 aromatic rings. The molecule has 0 aliphatic carbocycles. The molecule has 0 aromatic heterocycles. The summed E-state index contributed by atoms with van der Waals surface area (Å²) in [5.74, 6) is -0.253. The fourth-order valence-electron chi connectivity index (χ4n) is 3.43. The van der Waals surface area contributed by atoms with E-state index >= 15 is 0 Å². The van der Waals surface area contributed by atoms with E-state index in [0.29, 0.717) is 12.2 Å². The van der Waals surface area contributed by atoms with E-state index in [4.69, 9.17) is 4.74 Å². The minimum Gasteiger partial charge on any atom is -0.361 e. The van der Waals surface area contributed by atoms with Crippen LogP contribution in [0.1, 0.15) is 39.9 Å². The topological polar surface area (TPSA) is 29.5 Å². The second-order valence-corrected chi connectivity index (χ2v) is 6.56. The van der Waals surface area contributed by atoms with Crippen molar-refractivity contribution in [2.45, 2.75) is 25.0 Å². The first-order valence-corrected chi connectivity index (χ1v) is 8.18. The predicted molar refractivity (Wildman–Crippen MR) is 91.6 cm³/mol. The van der Waals surface area contributed by atoms with Gasteiger partial charge in [-0.15, -0.1) is 0 Å². The normalized spacial score (nSPS) is 19.5. The van der Waals surface area contributed by atoms with Crippen LogP contribution in [0, 0.1) is 5.82 Å². The Morgan fingerprint density at radius 2 is 1.96 bits per heavy atom. The molecule has 1 heterocycles. The van der Waals surface area contributed by atoms with E-state index in [-0.39, 0.29) is 5.82 Å². The largest absolute Gasteiger partial charge is 0.361 e. The summed E-state index contributed by atoms with van der Waals surface area (Å²) in [6.07, 6.45) is 2.62. The van der Waals surface area contributed by atoms with Gasteiger partial charge < -0.3 is 9.64 Å². The van der Waals surface area contributed by atoms with Crippen LogP contribution >= 0.6 is 0 Å². The summed E-state index contributed by atoms with van der Waals surface area (Å²) < 4.78 is 19.6. The first kappa shape index (κ1) is 16.8. The van der Waals surface area contributed by atoms with Crippen LogP contribution in [0.15, 0.2) is 42.5 Å². The lowest BCUT2D eigenvalue weighted by atomic mass is 9.81. The monoisotopic (exact) mass is 327 g/mol. The number of benzene rings is 2. The summed E-state index contributed by atoms with van der Waals surface area (Å²) in [6, 6.07) is 12.2. The van der Waals surface area contributed by atoms with E-state index < -0.39 is 5.60 Å². The van der Waals surface area contributed by atoms with Crippen LogP contribution in [-0.4, -0.2) is 31.8 Å². The summed E-state index contributed by atoms with van der Waals surface area (Å²) in [5, 5.41) is 0. The van der Waals surface area contributed by atoms with Crippen LogP contribution < -0.4 is 0 Å². The molecule has 0 saturated heterocycles. The molecule has 0 spiro atoms. The second kappa shape index (κ2) is 6.83. The quantitative estimate of drug-likeness (QED) is 0.757. The van der Waals surface area contributed by atoms with Gasteiger partial charge in [0.25, 0.3) is 0 Å². The van der Waals surface area contributed by atoms with Crippen molar-refractivity contribution < 1.29 is 13.9 Å². The molecule has 4 heteroatoms. The zero-order valence-corrected chi connectivity index (χ0v) is 14.1. The first-order chi connectivity index (χ1) is 11.5. The predicted octanol–water partition coefficient (Wildman–Crippen LogP) is 3.75. The Bertz CT molecular complexity index is 727. The van der Waals surface area contributed by atoms with E-state index in [2.05, 4.69) is 4.90 Å². The highest BCUT2D eigenvalue weighted by Gasteiger charge is 2.41. The smallest absolute Gasteiger partial charge is 0.150 e. The number of aldehydes is 1. The maximum atomic E-state index is 13.4. The standard InChI is InChI=1S/C20H22FNO2/c1-22(2)11-3-10-20(17-5-7-18(21)8-6-17)19-9-4-15(13-23)12-16(19)14-24-20/h4-9,12-13H,3,10-11,14H2,1-2H3/t20-/m1/s1. The number of nitrogens with zero attached hydrogens (tertiary/aromatic N) is 1. The Morgan fingerprint density at radius 1 is 1.21 bits per heavy atom. The highest BCUT2D eigenvalue weighted by Crippen LogP contribution is 2.45. The Kier molecular flexibility index (Phi) is 4.78. The van der Waals surface area contributed by atoms with Gasteiger partial charge in [-0.25, -0.2) is 4.39 Å². The molecule has 1 aliphatic heterocycles. The molecule has 0 amide bonds. The van der Waals surface area contributed by atoms with Gasteiger partial charge in [-0.2, -0.15) is 0 Å². The van der Waals surface area contributed by atoms with E-state index in [9.17, 15) is 9.18 Å². The molecule has 0 N–H and O–H groups in total. The molecule has 1 atom stereocenters. The number of carbonyl (C=O) groups is 1. The van der Waals surface area contributed by atoms with Gasteiger partial charge in [0.2, 0.25) is 0 Å². The fourth-order valence-corrected chi connectivity index (χ4v) is 3.43. The summed E-state index contributed by atoms with van der Waals surface area (Å²) in [6.45, 7) is 1.42. The van der Waals surface area contributed by atoms with E-state index in [1.807, 2.05) is 32.3 Å². The summed E-state index contributed by atoms with van der Waals surface area (Å²) >= 11 is 0. The lowest BCUT2D eigenvalue weighted by molar-refractivity contribution is -0.0140. The van der Waals surface area contributed by atoms with Gasteiger partial charge in [-0.3, -0.25) is 4.79 Å². The molecule has 3 nitrogen and oxygen atoms in total. The third-order valence-electron chi connectivity index (χ3n) is 4.62. The highest BCUT2D eigenvalue weighted by atomic mass is 19.1. The third kappa shape index (κ3) is 3.12. The molecule has 126 valence electrons. The van der Waals surface area contributed by atoms with Gasteiger partial charge in [-0.1, -0.05) is 24.3 Å². The van der Waals surface area contributed by atoms with Crippen molar-refractivity contribution >= 4 is 6.29 Å². The maximum absolute atomic E-state index is 13.4.